The highest BCUT2D eigenvalue weighted by Gasteiger charge is 2.35. The van der Waals surface area contributed by atoms with E-state index in [1.165, 1.54) is 191 Å². The molecule has 0 amide bonds. The molecule has 0 spiro atoms. The third-order valence-electron chi connectivity index (χ3n) is 22.0. The van der Waals surface area contributed by atoms with E-state index in [9.17, 15) is 17.6 Å². The molecule has 3 aromatic heterocycles. The van der Waals surface area contributed by atoms with E-state index in [0.717, 1.165) is 25.0 Å². The van der Waals surface area contributed by atoms with Crippen molar-refractivity contribution in [3.05, 3.63) is 385 Å². The van der Waals surface area contributed by atoms with E-state index in [2.05, 4.69) is 374 Å². The van der Waals surface area contributed by atoms with Crippen molar-refractivity contribution < 1.29 is 22.0 Å². The molecule has 0 bridgehead atoms. The first-order valence-corrected chi connectivity index (χ1v) is 39.2. The molecule has 1 aliphatic rings. The van der Waals surface area contributed by atoms with E-state index < -0.39 is 34.4 Å². The fourth-order valence-corrected chi connectivity index (χ4v) is 17.1. The summed E-state index contributed by atoms with van der Waals surface area (Å²) in [5.74, 6) is -5.31. The quantitative estimate of drug-likeness (QED) is 0.0693. The predicted molar refractivity (Wildman–Crippen MR) is 473 cm³/mol. The maximum atomic E-state index is 12.7. The summed E-state index contributed by atoms with van der Waals surface area (Å²) in [7, 11) is 0. The van der Waals surface area contributed by atoms with Gasteiger partial charge in [-0.2, -0.15) is 0 Å². The zero-order chi connectivity index (χ0) is 79.1. The SMILES string of the molecule is Cc1c(F)c(F)c(C)c(F)c1F.Cc1c2ccccc2c(C)c2ccccc12.Cc1ccc2c(c1)C(C)(C)c1cc(C)ccc1-2.Cc1ccc2c(c1)c1cc(C)ccc1n2-c1ccccc1.Cc1ccc2c(c1)oc1cc(C)ccc12.Cc1ccc2c(c1)sc1cc(C)ccc12.Cc1ccc2c(ccc3cc(C)ccc32)c1. The minimum Gasteiger partial charge on any atom is -0.456 e. The van der Waals surface area contributed by atoms with Gasteiger partial charge in [0.25, 0.3) is 0 Å². The highest BCUT2D eigenvalue weighted by Crippen LogP contribution is 2.49. The van der Waals surface area contributed by atoms with Gasteiger partial charge in [-0.3, -0.25) is 0 Å². The smallest absolute Gasteiger partial charge is 0.165 e. The molecular weight excluding hydrogens is 1400 g/mol. The van der Waals surface area contributed by atoms with Crippen LogP contribution < -0.4 is 0 Å². The Morgan fingerprint density at radius 3 is 0.946 bits per heavy atom. The summed E-state index contributed by atoms with van der Waals surface area (Å²) in [6.07, 6.45) is 0. The Morgan fingerprint density at radius 1 is 0.259 bits per heavy atom. The van der Waals surface area contributed by atoms with Gasteiger partial charge in [-0.05, 0) is 256 Å². The number of halogens is 4. The number of fused-ring (bicyclic) bond motifs is 17. The van der Waals surface area contributed by atoms with Crippen molar-refractivity contribution in [3.8, 4) is 16.8 Å². The van der Waals surface area contributed by atoms with Gasteiger partial charge in [0.15, 0.2) is 23.3 Å². The lowest BCUT2D eigenvalue weighted by molar-refractivity contribution is 0.436. The number of aromatic nitrogens is 1. The van der Waals surface area contributed by atoms with Crippen molar-refractivity contribution >= 4 is 118 Å². The van der Waals surface area contributed by atoms with E-state index in [1.807, 2.05) is 11.3 Å². The Labute approximate surface area is 658 Å². The standard InChI is InChI=1S/C20H17N.C17H18.2C16H14.C14H12O.C14H12S.C8H6F4/c1-14-8-10-19-17(12-14)18-13-15(2)9-11-20(18)21(19)16-6-4-3-5-7-16;1-11-5-7-13-14-8-6-12(2)10-16(14)17(3,4)15(13)9-11;1-11-3-7-15-13(9-11)5-6-14-10-12(2)4-8-16(14)15;1-11-13-7-3-5-9-15(13)12(2)16-10-6-4-8-14(11)16;2*1-9-3-5-11-12-6-4-10(2)8-14(12)15-13(11)7-9;1-3-5(9)7(11)4(2)8(12)6(3)10/h3-13H,1-2H3;5-10H,1-4H3;2*3-10H,1-2H3;2*3-8H,1-2H3;1-2H3. The molecule has 0 saturated carbocycles. The summed E-state index contributed by atoms with van der Waals surface area (Å²) in [6, 6.07) is 98.7. The van der Waals surface area contributed by atoms with Crippen LogP contribution in [0.5, 0.6) is 0 Å². The second-order valence-corrected chi connectivity index (χ2v) is 32.1. The zero-order valence-electron chi connectivity index (χ0n) is 66.8. The summed E-state index contributed by atoms with van der Waals surface area (Å²) in [6.45, 7) is 32.4. The van der Waals surface area contributed by atoms with Crippen molar-refractivity contribution in [1.82, 2.24) is 4.57 Å². The molecule has 2 nitrogen and oxygen atoms in total. The number of rotatable bonds is 1. The van der Waals surface area contributed by atoms with Gasteiger partial charge in [0.1, 0.15) is 11.2 Å². The molecule has 0 fully saturated rings. The molecule has 16 aromatic carbocycles. The Hall–Kier alpha value is -11.9. The van der Waals surface area contributed by atoms with Gasteiger partial charge in [0.2, 0.25) is 0 Å². The molecule has 0 N–H and O–H groups in total. The highest BCUT2D eigenvalue weighted by atomic mass is 32.1. The van der Waals surface area contributed by atoms with Crippen molar-refractivity contribution in [3.63, 3.8) is 0 Å². The molecule has 3 heterocycles. The monoisotopic (exact) mass is 1490 g/mol. The number of nitrogens with zero attached hydrogens (tertiary/aromatic N) is 1. The molecule has 112 heavy (non-hydrogen) atoms. The number of benzene rings is 16. The summed E-state index contributed by atoms with van der Waals surface area (Å²) in [4.78, 5) is 0. The van der Waals surface area contributed by atoms with Crippen LogP contribution in [-0.4, -0.2) is 4.57 Å². The minimum atomic E-state index is -1.33. The maximum Gasteiger partial charge on any atom is 0.165 e. The topological polar surface area (TPSA) is 18.1 Å². The number of aryl methyl sites for hydroxylation is 12. The molecule has 20 rings (SSSR count). The lowest BCUT2D eigenvalue weighted by Gasteiger charge is -2.22. The van der Waals surface area contributed by atoms with Crippen LogP contribution in [0.1, 0.15) is 103 Å². The Bertz CT molecular complexity index is 6200. The van der Waals surface area contributed by atoms with Gasteiger partial charge in [-0.15, -0.1) is 11.3 Å². The first-order chi connectivity index (χ1) is 53.7. The molecule has 7 heteroatoms. The molecule has 0 atom stereocenters. The molecule has 0 saturated heterocycles. The summed E-state index contributed by atoms with van der Waals surface area (Å²) < 4.78 is 61.6. The van der Waals surface area contributed by atoms with Crippen LogP contribution in [-0.2, 0) is 5.41 Å². The Balaban J connectivity index is 0.000000109. The summed E-state index contributed by atoms with van der Waals surface area (Å²) >= 11 is 1.89. The van der Waals surface area contributed by atoms with Gasteiger partial charge in [0.05, 0.1) is 11.0 Å². The zero-order valence-corrected chi connectivity index (χ0v) is 67.6. The number of hydrogen-bond acceptors (Lipinski definition) is 2. The second kappa shape index (κ2) is 31.8. The third kappa shape index (κ3) is 15.4. The second-order valence-electron chi connectivity index (χ2n) is 31.0. The average Bonchev–Trinajstić information content (AvgIpc) is 1.55. The van der Waals surface area contributed by atoms with Crippen LogP contribution in [0.15, 0.2) is 277 Å². The maximum absolute atomic E-state index is 12.7. The van der Waals surface area contributed by atoms with Crippen LogP contribution >= 0.6 is 11.3 Å². The Morgan fingerprint density at radius 2 is 0.562 bits per heavy atom. The van der Waals surface area contributed by atoms with Crippen molar-refractivity contribution in [2.75, 3.05) is 0 Å². The number of furan rings is 1. The molecule has 0 radical (unpaired) electrons. The third-order valence-corrected chi connectivity index (χ3v) is 23.1. The number of thiophene rings is 1. The molecule has 0 unspecified atom stereocenters. The van der Waals surface area contributed by atoms with E-state index in [-0.39, 0.29) is 5.41 Å². The van der Waals surface area contributed by atoms with Crippen molar-refractivity contribution in [2.24, 2.45) is 0 Å². The van der Waals surface area contributed by atoms with Crippen LogP contribution in [0.2, 0.25) is 0 Å². The van der Waals surface area contributed by atoms with E-state index >= 15 is 0 Å². The molecular formula is C105H93F4NOS. The predicted octanol–water partition coefficient (Wildman–Crippen LogP) is 31.0. The van der Waals surface area contributed by atoms with Crippen molar-refractivity contribution in [1.29, 1.82) is 0 Å². The summed E-state index contributed by atoms with van der Waals surface area (Å²) in [5.41, 5.74) is 26.2. The lowest BCUT2D eigenvalue weighted by atomic mass is 9.81. The van der Waals surface area contributed by atoms with Gasteiger partial charge in [0, 0.05) is 63.9 Å². The van der Waals surface area contributed by atoms with E-state index in [0.29, 0.717) is 0 Å². The minimum absolute atomic E-state index is 0.142. The largest absolute Gasteiger partial charge is 0.456 e. The highest BCUT2D eigenvalue weighted by molar-refractivity contribution is 7.25. The van der Waals surface area contributed by atoms with Crippen LogP contribution in [0.25, 0.3) is 124 Å². The Kier molecular flexibility index (Phi) is 21.8. The van der Waals surface area contributed by atoms with Gasteiger partial charge in [-0.25, -0.2) is 17.6 Å². The summed E-state index contributed by atoms with van der Waals surface area (Å²) in [5, 5.41) is 18.7. The molecule has 0 aliphatic heterocycles. The van der Waals surface area contributed by atoms with Crippen LogP contribution in [0.4, 0.5) is 17.6 Å². The molecule has 1 aliphatic carbocycles. The first-order valence-electron chi connectivity index (χ1n) is 38.3. The number of para-hydroxylation sites is 1. The van der Waals surface area contributed by atoms with E-state index in [4.69, 9.17) is 4.42 Å². The lowest BCUT2D eigenvalue weighted by Crippen LogP contribution is -2.15. The van der Waals surface area contributed by atoms with Gasteiger partial charge in [-0.1, -0.05) is 260 Å². The van der Waals surface area contributed by atoms with Gasteiger partial charge < -0.3 is 8.98 Å². The van der Waals surface area contributed by atoms with Gasteiger partial charge >= 0.3 is 0 Å². The van der Waals surface area contributed by atoms with Crippen LogP contribution in [0.3, 0.4) is 0 Å². The number of hydrogen-bond donors (Lipinski definition) is 0. The van der Waals surface area contributed by atoms with Crippen molar-refractivity contribution in [2.45, 2.75) is 116 Å². The molecule has 558 valence electrons. The van der Waals surface area contributed by atoms with E-state index in [1.54, 1.807) is 0 Å². The molecule has 19 aromatic rings. The fourth-order valence-electron chi connectivity index (χ4n) is 15.8. The first kappa shape index (κ1) is 76.9. The average molecular weight is 1490 g/mol. The fraction of sp³-hybridized carbons (Fsp3) is 0.162. The van der Waals surface area contributed by atoms with Crippen LogP contribution in [0, 0.1) is 120 Å². The normalized spacial score (nSPS) is 11.8.